The van der Waals surface area contributed by atoms with E-state index in [-0.39, 0.29) is 5.91 Å². The summed E-state index contributed by atoms with van der Waals surface area (Å²) < 4.78 is 0. The zero-order chi connectivity index (χ0) is 21.8. The third-order valence-corrected chi connectivity index (χ3v) is 7.40. The number of likely N-dealkylation sites (N-methyl/N-ethyl adjacent to an activating group) is 1. The largest absolute Gasteiger partial charge is 0.338 e. The average molecular weight is 441 g/mol. The molecule has 4 rings (SSSR count). The van der Waals surface area contributed by atoms with E-state index in [1.807, 2.05) is 29.2 Å². The van der Waals surface area contributed by atoms with Gasteiger partial charge in [-0.1, -0.05) is 60.1 Å². The molecule has 0 saturated carbocycles. The molecule has 4 atom stereocenters. The summed E-state index contributed by atoms with van der Waals surface area (Å²) in [5.74, 6) is 0.230. The van der Waals surface area contributed by atoms with Crippen LogP contribution in [0.3, 0.4) is 0 Å². The van der Waals surface area contributed by atoms with Crippen molar-refractivity contribution in [1.29, 1.82) is 0 Å². The van der Waals surface area contributed by atoms with Crippen molar-refractivity contribution < 1.29 is 4.79 Å². The van der Waals surface area contributed by atoms with Crippen LogP contribution in [0.1, 0.15) is 49.8 Å². The minimum absolute atomic E-state index is 0.230. The van der Waals surface area contributed by atoms with Gasteiger partial charge in [0, 0.05) is 48.7 Å². The predicted molar refractivity (Wildman–Crippen MR) is 126 cm³/mol. The molecule has 4 unspecified atom stereocenters. The number of benzene rings is 2. The van der Waals surface area contributed by atoms with E-state index >= 15 is 0 Å². The number of amides is 1. The SMILES string of the molecule is CC(C1CC(c2ccccc2)NN1)N(C)C1CCC(=O)N(Cc2ccccc2Cl)CC1. The summed E-state index contributed by atoms with van der Waals surface area (Å²) in [6.07, 6.45) is 3.54. The minimum Gasteiger partial charge on any atom is -0.338 e. The molecule has 5 nitrogen and oxygen atoms in total. The lowest BCUT2D eigenvalue weighted by Crippen LogP contribution is -2.49. The highest BCUT2D eigenvalue weighted by Gasteiger charge is 2.34. The summed E-state index contributed by atoms with van der Waals surface area (Å²) >= 11 is 6.32. The van der Waals surface area contributed by atoms with Crippen molar-refractivity contribution in [2.45, 2.75) is 63.3 Å². The van der Waals surface area contributed by atoms with Crippen molar-refractivity contribution in [3.63, 3.8) is 0 Å². The lowest BCUT2D eigenvalue weighted by atomic mass is 9.96. The molecule has 2 aromatic carbocycles. The molecule has 2 aliphatic heterocycles. The maximum absolute atomic E-state index is 12.8. The summed E-state index contributed by atoms with van der Waals surface area (Å²) in [7, 11) is 2.21. The van der Waals surface area contributed by atoms with Crippen LogP contribution in [-0.4, -0.2) is 47.4 Å². The number of nitrogens with zero attached hydrogens (tertiary/aromatic N) is 2. The number of carbonyl (C=O) groups is 1. The number of carbonyl (C=O) groups excluding carboxylic acids is 1. The van der Waals surface area contributed by atoms with Crippen LogP contribution in [0.5, 0.6) is 0 Å². The second-order valence-electron chi connectivity index (χ2n) is 8.89. The average Bonchev–Trinajstić information content (AvgIpc) is 3.22. The van der Waals surface area contributed by atoms with Gasteiger partial charge < -0.3 is 4.90 Å². The molecule has 2 aliphatic rings. The number of hydrazine groups is 1. The number of hydrogen-bond donors (Lipinski definition) is 2. The minimum atomic E-state index is 0.230. The van der Waals surface area contributed by atoms with Crippen molar-refractivity contribution in [3.8, 4) is 0 Å². The van der Waals surface area contributed by atoms with Crippen molar-refractivity contribution in [2.75, 3.05) is 13.6 Å². The summed E-state index contributed by atoms with van der Waals surface area (Å²) in [4.78, 5) is 17.2. The van der Waals surface area contributed by atoms with Crippen LogP contribution in [0.25, 0.3) is 0 Å². The molecule has 0 radical (unpaired) electrons. The normalized spacial score (nSPS) is 25.6. The first-order valence-electron chi connectivity index (χ1n) is 11.3. The Morgan fingerprint density at radius 1 is 1.10 bits per heavy atom. The van der Waals surface area contributed by atoms with Crippen LogP contribution in [-0.2, 0) is 11.3 Å². The van der Waals surface area contributed by atoms with Crippen molar-refractivity contribution >= 4 is 17.5 Å². The van der Waals surface area contributed by atoms with Gasteiger partial charge in [0.25, 0.3) is 0 Å². The highest BCUT2D eigenvalue weighted by Crippen LogP contribution is 2.27. The standard InChI is InChI=1S/C25H33ClN4O/c1-18(23-16-24(28-27-23)19-8-4-3-5-9-19)29(2)21-12-13-25(31)30(15-14-21)17-20-10-6-7-11-22(20)26/h3-11,18,21,23-24,27-28H,12-17H2,1-2H3. The Labute approximate surface area is 190 Å². The van der Waals surface area contributed by atoms with Gasteiger partial charge in [-0.15, -0.1) is 0 Å². The Hall–Kier alpha value is -1.92. The molecule has 0 spiro atoms. The molecular formula is C25H33ClN4O. The van der Waals surface area contributed by atoms with Gasteiger partial charge in [0.2, 0.25) is 5.91 Å². The molecule has 166 valence electrons. The van der Waals surface area contributed by atoms with Gasteiger partial charge in [-0.2, -0.15) is 0 Å². The smallest absolute Gasteiger partial charge is 0.222 e. The monoisotopic (exact) mass is 440 g/mol. The van der Waals surface area contributed by atoms with Gasteiger partial charge in [-0.3, -0.25) is 15.1 Å². The fraction of sp³-hybridized carbons (Fsp3) is 0.480. The predicted octanol–water partition coefficient (Wildman–Crippen LogP) is 4.15. The molecule has 0 aliphatic carbocycles. The highest BCUT2D eigenvalue weighted by atomic mass is 35.5. The molecule has 0 bridgehead atoms. The Morgan fingerprint density at radius 2 is 1.84 bits per heavy atom. The van der Waals surface area contributed by atoms with Gasteiger partial charge in [0.15, 0.2) is 0 Å². The molecule has 6 heteroatoms. The number of hydrogen-bond acceptors (Lipinski definition) is 4. The second-order valence-corrected chi connectivity index (χ2v) is 9.30. The van der Waals surface area contributed by atoms with E-state index in [9.17, 15) is 4.79 Å². The molecule has 0 aromatic heterocycles. The number of nitrogens with one attached hydrogen (secondary N) is 2. The van der Waals surface area contributed by atoms with Crippen LogP contribution in [0.2, 0.25) is 5.02 Å². The number of rotatable bonds is 6. The number of likely N-dealkylation sites (tertiary alicyclic amines) is 1. The van der Waals surface area contributed by atoms with E-state index < -0.39 is 0 Å². The van der Waals surface area contributed by atoms with E-state index in [0.717, 1.165) is 36.4 Å². The van der Waals surface area contributed by atoms with E-state index in [1.165, 1.54) is 5.56 Å². The Balaban J connectivity index is 1.34. The maximum Gasteiger partial charge on any atom is 0.222 e. The van der Waals surface area contributed by atoms with Crippen molar-refractivity contribution in [1.82, 2.24) is 20.7 Å². The first kappa shape index (κ1) is 22.3. The quantitative estimate of drug-likeness (QED) is 0.708. The van der Waals surface area contributed by atoms with Crippen LogP contribution in [0, 0.1) is 0 Å². The first-order chi connectivity index (χ1) is 15.0. The van der Waals surface area contributed by atoms with Crippen LogP contribution in [0.4, 0.5) is 0 Å². The summed E-state index contributed by atoms with van der Waals surface area (Å²) in [5, 5.41) is 0.731. The zero-order valence-corrected chi connectivity index (χ0v) is 19.2. The highest BCUT2D eigenvalue weighted by molar-refractivity contribution is 6.31. The summed E-state index contributed by atoms with van der Waals surface area (Å²) in [6, 6.07) is 19.9. The Kier molecular flexibility index (Phi) is 7.28. The summed E-state index contributed by atoms with van der Waals surface area (Å²) in [5.41, 5.74) is 9.32. The Morgan fingerprint density at radius 3 is 2.61 bits per heavy atom. The molecule has 2 aromatic rings. The fourth-order valence-corrected chi connectivity index (χ4v) is 5.04. The van der Waals surface area contributed by atoms with E-state index in [1.54, 1.807) is 0 Å². The molecule has 2 saturated heterocycles. The van der Waals surface area contributed by atoms with Crippen LogP contribution in [0.15, 0.2) is 54.6 Å². The van der Waals surface area contributed by atoms with Crippen molar-refractivity contribution in [2.24, 2.45) is 0 Å². The second kappa shape index (κ2) is 10.1. The molecule has 2 heterocycles. The van der Waals surface area contributed by atoms with Crippen LogP contribution >= 0.6 is 11.6 Å². The Bertz CT molecular complexity index is 877. The lowest BCUT2D eigenvalue weighted by Gasteiger charge is -2.35. The third-order valence-electron chi connectivity index (χ3n) is 7.03. The zero-order valence-electron chi connectivity index (χ0n) is 18.4. The first-order valence-corrected chi connectivity index (χ1v) is 11.7. The third kappa shape index (κ3) is 5.29. The molecule has 1 amide bonds. The molecule has 31 heavy (non-hydrogen) atoms. The summed E-state index contributed by atoms with van der Waals surface area (Å²) in [6.45, 7) is 3.66. The molecule has 2 N–H and O–H groups in total. The van der Waals surface area contributed by atoms with Gasteiger partial charge in [0.05, 0.1) is 0 Å². The van der Waals surface area contributed by atoms with E-state index in [0.29, 0.717) is 37.1 Å². The van der Waals surface area contributed by atoms with Gasteiger partial charge in [-0.25, -0.2) is 5.43 Å². The van der Waals surface area contributed by atoms with Gasteiger partial charge in [-0.05, 0) is 50.4 Å². The lowest BCUT2D eigenvalue weighted by molar-refractivity contribution is -0.131. The van der Waals surface area contributed by atoms with Crippen molar-refractivity contribution in [3.05, 3.63) is 70.7 Å². The number of halogens is 1. The molecule has 2 fully saturated rings. The van der Waals surface area contributed by atoms with E-state index in [4.69, 9.17) is 11.6 Å². The maximum atomic E-state index is 12.8. The van der Waals surface area contributed by atoms with Crippen LogP contribution < -0.4 is 10.9 Å². The van der Waals surface area contributed by atoms with Gasteiger partial charge in [0.1, 0.15) is 0 Å². The molecular weight excluding hydrogens is 408 g/mol. The van der Waals surface area contributed by atoms with Gasteiger partial charge >= 0.3 is 0 Å². The van der Waals surface area contributed by atoms with E-state index in [2.05, 4.69) is 60.1 Å². The topological polar surface area (TPSA) is 47.6 Å². The fourth-order valence-electron chi connectivity index (χ4n) is 4.85.